The van der Waals surface area contributed by atoms with Gasteiger partial charge in [-0.05, 0) is 52.2 Å². The van der Waals surface area contributed by atoms with Crippen LogP contribution in [0.1, 0.15) is 37.3 Å². The van der Waals surface area contributed by atoms with Gasteiger partial charge in [0.05, 0.1) is 5.25 Å². The Morgan fingerprint density at radius 2 is 1.79 bits per heavy atom. The molecule has 2 heterocycles. The highest BCUT2D eigenvalue weighted by molar-refractivity contribution is 8.00. The van der Waals surface area contributed by atoms with E-state index in [1.165, 1.54) is 18.2 Å². The monoisotopic (exact) mass is 345 g/mol. The molecule has 1 aliphatic rings. The molecule has 1 aromatic heterocycles. The summed E-state index contributed by atoms with van der Waals surface area (Å²) < 4.78 is 5.76. The van der Waals surface area contributed by atoms with E-state index in [9.17, 15) is 4.79 Å². The van der Waals surface area contributed by atoms with Gasteiger partial charge >= 0.3 is 0 Å². The minimum atomic E-state index is -0.212. The minimum Gasteiger partial charge on any atom is -0.411 e. The van der Waals surface area contributed by atoms with Crippen molar-refractivity contribution in [2.45, 2.75) is 50.5 Å². The third-order valence-corrected chi connectivity index (χ3v) is 5.09. The summed E-state index contributed by atoms with van der Waals surface area (Å²) in [6.45, 7) is 7.72. The van der Waals surface area contributed by atoms with E-state index in [1.807, 2.05) is 37.8 Å². The van der Waals surface area contributed by atoms with Crippen molar-refractivity contribution in [3.05, 3.63) is 29.3 Å². The second kappa shape index (κ2) is 7.38. The van der Waals surface area contributed by atoms with Gasteiger partial charge in [0.2, 0.25) is 11.8 Å². The molecule has 3 rings (SSSR count). The molecule has 1 fully saturated rings. The molecule has 0 unspecified atom stereocenters. The van der Waals surface area contributed by atoms with Gasteiger partial charge in [-0.3, -0.25) is 4.79 Å². The highest BCUT2D eigenvalue weighted by Gasteiger charge is 2.24. The second-order valence-electron chi connectivity index (χ2n) is 6.40. The maximum absolute atomic E-state index is 12.5. The van der Waals surface area contributed by atoms with E-state index >= 15 is 0 Å². The Bertz CT molecular complexity index is 703. The average molecular weight is 345 g/mol. The Hall–Kier alpha value is -1.82. The molecular formula is C18H23N3O2S. The summed E-state index contributed by atoms with van der Waals surface area (Å²) in [5.41, 5.74) is 3.24. The summed E-state index contributed by atoms with van der Waals surface area (Å²) in [6, 6.07) is 6.16. The van der Waals surface area contributed by atoms with Crippen molar-refractivity contribution < 1.29 is 9.21 Å². The molecule has 0 radical (unpaired) electrons. The smallest absolute Gasteiger partial charge is 0.277 e. The van der Waals surface area contributed by atoms with Crippen molar-refractivity contribution in [3.8, 4) is 11.5 Å². The lowest BCUT2D eigenvalue weighted by atomic mass is 10.1. The van der Waals surface area contributed by atoms with E-state index in [2.05, 4.69) is 16.3 Å². The van der Waals surface area contributed by atoms with E-state index in [1.54, 1.807) is 0 Å². The standard InChI is InChI=1S/C18H23N3O2S/c1-12-9-13(2)11-15(10-12)16-19-20-18(23-16)24-14(3)17(22)21-7-5-4-6-8-21/h9-11,14H,4-8H2,1-3H3/t14-/m1/s1. The number of carbonyl (C=O) groups excluding carboxylic acids is 1. The topological polar surface area (TPSA) is 59.2 Å². The highest BCUT2D eigenvalue weighted by atomic mass is 32.2. The molecule has 1 saturated heterocycles. The van der Waals surface area contributed by atoms with Crippen molar-refractivity contribution in [1.82, 2.24) is 15.1 Å². The number of hydrogen-bond acceptors (Lipinski definition) is 5. The first kappa shape index (κ1) is 17.0. The molecule has 1 aromatic carbocycles. The van der Waals surface area contributed by atoms with Crippen LogP contribution in [0.5, 0.6) is 0 Å². The fourth-order valence-corrected chi connectivity index (χ4v) is 3.81. The molecule has 0 aliphatic carbocycles. The zero-order chi connectivity index (χ0) is 17.1. The van der Waals surface area contributed by atoms with Gasteiger partial charge in [0.25, 0.3) is 5.22 Å². The number of amides is 1. The third-order valence-electron chi connectivity index (χ3n) is 4.17. The number of benzene rings is 1. The van der Waals surface area contributed by atoms with Crippen molar-refractivity contribution in [1.29, 1.82) is 0 Å². The van der Waals surface area contributed by atoms with Gasteiger partial charge in [-0.15, -0.1) is 10.2 Å². The number of thioether (sulfide) groups is 1. The fourth-order valence-electron chi connectivity index (χ4n) is 3.05. The van der Waals surface area contributed by atoms with E-state index in [-0.39, 0.29) is 11.2 Å². The van der Waals surface area contributed by atoms with Crippen LogP contribution in [0.15, 0.2) is 27.8 Å². The SMILES string of the molecule is Cc1cc(C)cc(-c2nnc(S[C@H](C)C(=O)N3CCCCC3)o2)c1. The number of nitrogens with zero attached hydrogens (tertiary/aromatic N) is 3. The molecule has 1 amide bonds. The van der Waals surface area contributed by atoms with Gasteiger partial charge in [-0.2, -0.15) is 0 Å². The molecule has 0 saturated carbocycles. The molecule has 24 heavy (non-hydrogen) atoms. The summed E-state index contributed by atoms with van der Waals surface area (Å²) >= 11 is 1.34. The van der Waals surface area contributed by atoms with E-state index < -0.39 is 0 Å². The number of rotatable bonds is 4. The number of carbonyl (C=O) groups is 1. The van der Waals surface area contributed by atoms with E-state index in [0.29, 0.717) is 11.1 Å². The van der Waals surface area contributed by atoms with Crippen LogP contribution in [0.3, 0.4) is 0 Å². The Morgan fingerprint density at radius 1 is 1.12 bits per heavy atom. The van der Waals surface area contributed by atoms with Crippen LogP contribution in [0.4, 0.5) is 0 Å². The zero-order valence-corrected chi connectivity index (χ0v) is 15.2. The van der Waals surface area contributed by atoms with Gasteiger partial charge in [0, 0.05) is 18.7 Å². The molecule has 128 valence electrons. The minimum absolute atomic E-state index is 0.158. The predicted octanol–water partition coefficient (Wildman–Crippen LogP) is 3.85. The fraction of sp³-hybridized carbons (Fsp3) is 0.500. The second-order valence-corrected chi connectivity index (χ2v) is 7.69. The van der Waals surface area contributed by atoms with Gasteiger partial charge in [-0.1, -0.05) is 29.0 Å². The molecule has 0 spiro atoms. The molecule has 6 heteroatoms. The van der Waals surface area contributed by atoms with Gasteiger partial charge < -0.3 is 9.32 Å². The number of likely N-dealkylation sites (tertiary alicyclic amines) is 1. The maximum Gasteiger partial charge on any atom is 0.277 e. The molecule has 1 atom stereocenters. The van der Waals surface area contributed by atoms with Gasteiger partial charge in [0.1, 0.15) is 0 Å². The van der Waals surface area contributed by atoms with E-state index in [0.717, 1.165) is 42.6 Å². The Kier molecular flexibility index (Phi) is 5.23. The first-order valence-electron chi connectivity index (χ1n) is 8.40. The van der Waals surface area contributed by atoms with Crippen LogP contribution in [-0.4, -0.2) is 39.3 Å². The molecule has 0 N–H and O–H groups in total. The summed E-state index contributed by atoms with van der Waals surface area (Å²) in [6.07, 6.45) is 3.41. The Morgan fingerprint density at radius 3 is 2.46 bits per heavy atom. The molecular weight excluding hydrogens is 322 g/mol. The van der Waals surface area contributed by atoms with Crippen LogP contribution in [0.2, 0.25) is 0 Å². The lowest BCUT2D eigenvalue weighted by molar-refractivity contribution is -0.131. The van der Waals surface area contributed by atoms with Gasteiger partial charge in [-0.25, -0.2) is 0 Å². The molecule has 5 nitrogen and oxygen atoms in total. The number of hydrogen-bond donors (Lipinski definition) is 0. The van der Waals surface area contributed by atoms with Crippen molar-refractivity contribution in [3.63, 3.8) is 0 Å². The van der Waals surface area contributed by atoms with E-state index in [4.69, 9.17) is 4.42 Å². The van der Waals surface area contributed by atoms with Crippen LogP contribution in [0.25, 0.3) is 11.5 Å². The quantitative estimate of drug-likeness (QED) is 0.788. The lowest BCUT2D eigenvalue weighted by Gasteiger charge is -2.28. The zero-order valence-electron chi connectivity index (χ0n) is 14.4. The number of piperidine rings is 1. The van der Waals surface area contributed by atoms with Crippen molar-refractivity contribution in [2.75, 3.05) is 13.1 Å². The maximum atomic E-state index is 12.5. The van der Waals surface area contributed by atoms with Crippen LogP contribution < -0.4 is 0 Å². The highest BCUT2D eigenvalue weighted by Crippen LogP contribution is 2.28. The Balaban J connectivity index is 1.68. The summed E-state index contributed by atoms with van der Waals surface area (Å²) in [4.78, 5) is 14.4. The first-order chi connectivity index (χ1) is 11.5. The summed E-state index contributed by atoms with van der Waals surface area (Å²) in [5, 5.41) is 8.46. The van der Waals surface area contributed by atoms with Gasteiger partial charge in [0.15, 0.2) is 0 Å². The number of aromatic nitrogens is 2. The Labute approximate surface area is 146 Å². The molecule has 1 aliphatic heterocycles. The summed E-state index contributed by atoms with van der Waals surface area (Å²) in [7, 11) is 0. The number of aryl methyl sites for hydroxylation is 2. The summed E-state index contributed by atoms with van der Waals surface area (Å²) in [5.74, 6) is 0.660. The predicted molar refractivity (Wildman–Crippen MR) is 95.0 cm³/mol. The van der Waals surface area contributed by atoms with Crippen molar-refractivity contribution >= 4 is 17.7 Å². The molecule has 2 aromatic rings. The van der Waals surface area contributed by atoms with Crippen LogP contribution in [0, 0.1) is 13.8 Å². The first-order valence-corrected chi connectivity index (χ1v) is 9.28. The normalized spacial score (nSPS) is 16.2. The average Bonchev–Trinajstić information content (AvgIpc) is 3.02. The lowest BCUT2D eigenvalue weighted by Crippen LogP contribution is -2.40. The molecule has 0 bridgehead atoms. The van der Waals surface area contributed by atoms with Crippen molar-refractivity contribution in [2.24, 2.45) is 0 Å². The third kappa shape index (κ3) is 3.98. The van der Waals surface area contributed by atoms with Crippen LogP contribution >= 0.6 is 11.8 Å². The largest absolute Gasteiger partial charge is 0.411 e. The van der Waals surface area contributed by atoms with Crippen LogP contribution in [-0.2, 0) is 4.79 Å².